The predicted octanol–water partition coefficient (Wildman–Crippen LogP) is 1.51. The molecule has 48 valence electrons. The van der Waals surface area contributed by atoms with E-state index in [9.17, 15) is 0 Å². The van der Waals surface area contributed by atoms with Crippen LogP contribution in [0.3, 0.4) is 0 Å². The smallest absolute Gasteiger partial charge is 0.0368 e. The molecule has 0 heterocycles. The quantitative estimate of drug-likeness (QED) is 0.659. The Morgan fingerprint density at radius 3 is 2.12 bits per heavy atom. The minimum atomic E-state index is 0.650. The van der Waals surface area contributed by atoms with Gasteiger partial charge in [-0.3, -0.25) is 0 Å². The molecule has 0 aromatic heterocycles. The summed E-state index contributed by atoms with van der Waals surface area (Å²) in [7, 11) is 0. The molecule has 0 radical (unpaired) electrons. The van der Waals surface area contributed by atoms with Crippen molar-refractivity contribution in [2.75, 3.05) is 19.1 Å². The molecule has 0 amide bonds. The highest BCUT2D eigenvalue weighted by molar-refractivity contribution is 8.21. The van der Waals surface area contributed by atoms with E-state index in [0.29, 0.717) is 6.54 Å². The summed E-state index contributed by atoms with van der Waals surface area (Å²) in [4.78, 5) is 0. The zero-order valence-corrected chi connectivity index (χ0v) is 6.81. The fourth-order valence-corrected chi connectivity index (χ4v) is 1.54. The first-order chi connectivity index (χ1) is 3.85. The second kappa shape index (κ2) is 5.54. The van der Waals surface area contributed by atoms with Crippen molar-refractivity contribution < 1.29 is 0 Å². The van der Waals surface area contributed by atoms with Crippen molar-refractivity contribution in [1.29, 1.82) is 0 Å². The van der Waals surface area contributed by atoms with Crippen LogP contribution in [0.25, 0.3) is 0 Å². The van der Waals surface area contributed by atoms with Gasteiger partial charge in [-0.05, 0) is 12.5 Å². The summed E-state index contributed by atoms with van der Waals surface area (Å²) in [5.41, 5.74) is 5.28. The van der Waals surface area contributed by atoms with Crippen LogP contribution in [0.5, 0.6) is 0 Å². The average Bonchev–Trinajstić information content (AvgIpc) is 1.83. The third-order valence-corrected chi connectivity index (χ3v) is 2.82. The van der Waals surface area contributed by atoms with Crippen molar-refractivity contribution in [3.8, 4) is 0 Å². The van der Waals surface area contributed by atoms with Crippen LogP contribution < -0.4 is 5.73 Å². The lowest BCUT2D eigenvalue weighted by Gasteiger charge is -1.94. The number of hydrogen-bond donors (Lipinski definition) is 1. The molecule has 0 unspecified atom stereocenters. The molecule has 0 aromatic rings. The second-order valence-electron chi connectivity index (χ2n) is 1.17. The normalized spacial score (nSPS) is 8.88. The van der Waals surface area contributed by atoms with Crippen molar-refractivity contribution in [1.82, 2.24) is 0 Å². The van der Waals surface area contributed by atoms with Gasteiger partial charge in [0.2, 0.25) is 0 Å². The van der Waals surface area contributed by atoms with Crippen molar-refractivity contribution in [2.24, 2.45) is 5.73 Å². The Morgan fingerprint density at radius 2 is 2.00 bits per heavy atom. The van der Waals surface area contributed by atoms with Crippen molar-refractivity contribution >= 4 is 23.5 Å². The van der Waals surface area contributed by atoms with Crippen LogP contribution in [0.4, 0.5) is 0 Å². The van der Waals surface area contributed by atoms with Gasteiger partial charge in [0, 0.05) is 10.8 Å². The third-order valence-electron chi connectivity index (χ3n) is 0.687. The van der Waals surface area contributed by atoms with Gasteiger partial charge < -0.3 is 5.73 Å². The summed E-state index contributed by atoms with van der Waals surface area (Å²) >= 11 is 3.48. The molecule has 0 bridgehead atoms. The number of nitrogens with two attached hydrogens (primary N) is 1. The van der Waals surface area contributed by atoms with Crippen LogP contribution in [-0.4, -0.2) is 19.1 Å². The molecule has 0 aliphatic rings. The van der Waals surface area contributed by atoms with Gasteiger partial charge in [0.25, 0.3) is 0 Å². The summed E-state index contributed by atoms with van der Waals surface area (Å²) in [6.45, 7) is 0.650. The highest BCUT2D eigenvalue weighted by atomic mass is 32.2. The van der Waals surface area contributed by atoms with Crippen LogP contribution in [0.15, 0.2) is 10.3 Å². The van der Waals surface area contributed by atoms with E-state index >= 15 is 0 Å². The Balaban J connectivity index is 3.49. The van der Waals surface area contributed by atoms with Crippen LogP contribution in [-0.2, 0) is 0 Å². The molecular formula is C5H11NS2. The standard InChI is InChI=1S/C5H11NS2/c1-7-5(8-2)3-4-6/h3H,4,6H2,1-2H3. The minimum Gasteiger partial charge on any atom is -0.327 e. The van der Waals surface area contributed by atoms with Gasteiger partial charge >= 0.3 is 0 Å². The van der Waals surface area contributed by atoms with E-state index in [1.165, 1.54) is 4.24 Å². The maximum atomic E-state index is 5.28. The first-order valence-electron chi connectivity index (χ1n) is 2.33. The van der Waals surface area contributed by atoms with Gasteiger partial charge in [-0.25, -0.2) is 0 Å². The fourth-order valence-electron chi connectivity index (χ4n) is 0.346. The maximum absolute atomic E-state index is 5.28. The SMILES string of the molecule is CSC(=CCN)SC. The Kier molecular flexibility index (Phi) is 5.81. The number of hydrogen-bond acceptors (Lipinski definition) is 3. The minimum absolute atomic E-state index is 0.650. The van der Waals surface area contributed by atoms with E-state index in [4.69, 9.17) is 5.73 Å². The van der Waals surface area contributed by atoms with Crippen molar-refractivity contribution in [2.45, 2.75) is 0 Å². The molecule has 3 heteroatoms. The van der Waals surface area contributed by atoms with Gasteiger partial charge in [0.1, 0.15) is 0 Å². The van der Waals surface area contributed by atoms with Gasteiger partial charge in [-0.2, -0.15) is 0 Å². The molecule has 2 N–H and O–H groups in total. The van der Waals surface area contributed by atoms with E-state index < -0.39 is 0 Å². The van der Waals surface area contributed by atoms with Crippen LogP contribution in [0, 0.1) is 0 Å². The summed E-state index contributed by atoms with van der Waals surface area (Å²) in [5, 5.41) is 0. The molecule has 1 nitrogen and oxygen atoms in total. The van der Waals surface area contributed by atoms with Crippen molar-refractivity contribution in [3.63, 3.8) is 0 Å². The van der Waals surface area contributed by atoms with E-state index in [-0.39, 0.29) is 0 Å². The molecule has 0 aromatic carbocycles. The number of thioether (sulfide) groups is 2. The Hall–Kier alpha value is 0.400. The van der Waals surface area contributed by atoms with E-state index in [2.05, 4.69) is 12.5 Å². The molecule has 0 saturated carbocycles. The highest BCUT2D eigenvalue weighted by Gasteiger charge is 1.86. The average molecular weight is 149 g/mol. The van der Waals surface area contributed by atoms with E-state index in [1.807, 2.05) is 6.08 Å². The summed E-state index contributed by atoms with van der Waals surface area (Å²) in [6, 6.07) is 0. The second-order valence-corrected chi connectivity index (χ2v) is 3.12. The third kappa shape index (κ3) is 3.41. The zero-order valence-electron chi connectivity index (χ0n) is 5.18. The van der Waals surface area contributed by atoms with Crippen LogP contribution in [0.2, 0.25) is 0 Å². The molecule has 0 saturated heterocycles. The highest BCUT2D eigenvalue weighted by Crippen LogP contribution is 2.21. The molecule has 0 aliphatic carbocycles. The molecule has 0 aliphatic heterocycles. The fraction of sp³-hybridized carbons (Fsp3) is 0.600. The van der Waals surface area contributed by atoms with Gasteiger partial charge in [0.15, 0.2) is 0 Å². The van der Waals surface area contributed by atoms with E-state index in [1.54, 1.807) is 23.5 Å². The number of rotatable bonds is 3. The van der Waals surface area contributed by atoms with E-state index in [0.717, 1.165) is 0 Å². The lowest BCUT2D eigenvalue weighted by molar-refractivity contribution is 1.26. The van der Waals surface area contributed by atoms with Gasteiger partial charge in [0.05, 0.1) is 0 Å². The topological polar surface area (TPSA) is 26.0 Å². The maximum Gasteiger partial charge on any atom is 0.0368 e. The lowest BCUT2D eigenvalue weighted by atomic mass is 10.7. The predicted molar refractivity (Wildman–Crippen MR) is 44.2 cm³/mol. The summed E-state index contributed by atoms with van der Waals surface area (Å²) < 4.78 is 1.30. The Morgan fingerprint density at radius 1 is 1.50 bits per heavy atom. The molecular weight excluding hydrogens is 138 g/mol. The molecule has 8 heavy (non-hydrogen) atoms. The molecule has 0 atom stereocenters. The molecule has 0 rings (SSSR count). The summed E-state index contributed by atoms with van der Waals surface area (Å²) in [6.07, 6.45) is 6.13. The van der Waals surface area contributed by atoms with Gasteiger partial charge in [-0.1, -0.05) is 6.08 Å². The Labute approximate surface area is 59.1 Å². The first kappa shape index (κ1) is 8.40. The van der Waals surface area contributed by atoms with Crippen LogP contribution in [0.1, 0.15) is 0 Å². The van der Waals surface area contributed by atoms with Gasteiger partial charge in [-0.15, -0.1) is 23.5 Å². The molecule has 0 spiro atoms. The first-order valence-corrected chi connectivity index (χ1v) is 4.78. The lowest BCUT2D eigenvalue weighted by Crippen LogP contribution is -1.92. The van der Waals surface area contributed by atoms with Crippen molar-refractivity contribution in [3.05, 3.63) is 10.3 Å². The zero-order chi connectivity index (χ0) is 6.41. The Bertz CT molecular complexity index is 74.5. The monoisotopic (exact) mass is 149 g/mol. The largest absolute Gasteiger partial charge is 0.327 e. The summed E-state index contributed by atoms with van der Waals surface area (Å²) in [5.74, 6) is 0. The van der Waals surface area contributed by atoms with Crippen LogP contribution >= 0.6 is 23.5 Å². The molecule has 0 fully saturated rings.